The van der Waals surface area contributed by atoms with Crippen LogP contribution in [0.3, 0.4) is 0 Å². The Kier molecular flexibility index (Phi) is 3.87. The average molecular weight is 281 g/mol. The van der Waals surface area contributed by atoms with Gasteiger partial charge in [-0.2, -0.15) is 29.4 Å². The molecule has 104 valence electrons. The molecule has 19 heavy (non-hydrogen) atoms. The Morgan fingerprint density at radius 3 is 2.00 bits per heavy atom. The first-order valence-electron chi connectivity index (χ1n) is 6.15. The molecular formula is C12H22N6P+. The van der Waals surface area contributed by atoms with Gasteiger partial charge in [0.05, 0.1) is 0 Å². The van der Waals surface area contributed by atoms with Crippen molar-refractivity contribution in [2.45, 2.75) is 0 Å². The summed E-state index contributed by atoms with van der Waals surface area (Å²) >= 11 is 0. The van der Waals surface area contributed by atoms with Gasteiger partial charge < -0.3 is 0 Å². The van der Waals surface area contributed by atoms with Crippen LogP contribution in [0.25, 0.3) is 11.0 Å². The van der Waals surface area contributed by atoms with E-state index in [1.165, 1.54) is 5.30 Å². The molecule has 0 aliphatic carbocycles. The molecule has 0 amide bonds. The molecule has 0 aliphatic heterocycles. The van der Waals surface area contributed by atoms with Crippen LogP contribution < -0.4 is 5.30 Å². The zero-order valence-corrected chi connectivity index (χ0v) is 13.3. The summed E-state index contributed by atoms with van der Waals surface area (Å²) < 4.78 is 6.86. The van der Waals surface area contributed by atoms with Crippen molar-refractivity contribution >= 4 is 24.1 Å². The number of nitrogens with one attached hydrogen (secondary N) is 1. The van der Waals surface area contributed by atoms with Crippen LogP contribution in [0, 0.1) is 0 Å². The first-order valence-corrected chi connectivity index (χ1v) is 7.79. The van der Waals surface area contributed by atoms with Gasteiger partial charge in [-0.25, -0.2) is 0 Å². The average Bonchev–Trinajstić information content (AvgIpc) is 2.76. The van der Waals surface area contributed by atoms with E-state index < -0.39 is 7.71 Å². The zero-order valence-electron chi connectivity index (χ0n) is 12.4. The van der Waals surface area contributed by atoms with Gasteiger partial charge >= 0.3 is 0 Å². The highest BCUT2D eigenvalue weighted by Crippen LogP contribution is 2.62. The summed E-state index contributed by atoms with van der Waals surface area (Å²) in [6, 6.07) is 6.18. The molecule has 0 bridgehead atoms. The molecule has 2 rings (SSSR count). The smallest absolute Gasteiger partial charge is 0.197 e. The topological polar surface area (TPSA) is 51.3 Å². The number of aromatic nitrogens is 3. The van der Waals surface area contributed by atoms with Crippen molar-refractivity contribution in [2.24, 2.45) is 0 Å². The maximum absolute atomic E-state index is 4.34. The fraction of sp³-hybridized carbons (Fsp3) is 0.500. The molecule has 1 N–H and O–H groups in total. The minimum atomic E-state index is -1.80. The third-order valence-corrected chi connectivity index (χ3v) is 7.68. The lowest BCUT2D eigenvalue weighted by molar-refractivity contribution is 0.473. The van der Waals surface area contributed by atoms with E-state index in [0.717, 1.165) is 11.0 Å². The lowest BCUT2D eigenvalue weighted by Crippen LogP contribution is -2.42. The molecule has 0 spiro atoms. The number of H-pyrrole nitrogens is 1. The van der Waals surface area contributed by atoms with Crippen molar-refractivity contribution in [1.29, 1.82) is 0 Å². The van der Waals surface area contributed by atoms with Crippen LogP contribution >= 0.6 is 7.71 Å². The van der Waals surface area contributed by atoms with Gasteiger partial charge in [-0.05, 0) is 12.1 Å². The Hall–Kier alpha value is -1.07. The molecule has 0 saturated carbocycles. The van der Waals surface area contributed by atoms with Crippen molar-refractivity contribution in [1.82, 2.24) is 29.4 Å². The maximum Gasteiger partial charge on any atom is 0.262 e. The molecule has 0 saturated heterocycles. The van der Waals surface area contributed by atoms with Crippen LogP contribution in [0.15, 0.2) is 18.2 Å². The predicted octanol–water partition coefficient (Wildman–Crippen LogP) is 1.03. The number of hydrogen-bond acceptors (Lipinski definition) is 5. The van der Waals surface area contributed by atoms with Crippen LogP contribution in [-0.4, -0.2) is 71.7 Å². The van der Waals surface area contributed by atoms with Crippen LogP contribution in [0.4, 0.5) is 0 Å². The van der Waals surface area contributed by atoms with Crippen LogP contribution in [0.1, 0.15) is 0 Å². The Bertz CT molecular complexity index is 540. The van der Waals surface area contributed by atoms with Crippen LogP contribution in [0.2, 0.25) is 0 Å². The summed E-state index contributed by atoms with van der Waals surface area (Å²) in [5, 5.41) is 12.5. The van der Waals surface area contributed by atoms with Gasteiger partial charge in [0.15, 0.2) is 10.8 Å². The van der Waals surface area contributed by atoms with Crippen molar-refractivity contribution in [3.05, 3.63) is 18.2 Å². The van der Waals surface area contributed by atoms with E-state index >= 15 is 0 Å². The molecule has 0 radical (unpaired) electrons. The molecule has 1 aromatic heterocycles. The Morgan fingerprint density at radius 1 is 0.895 bits per heavy atom. The van der Waals surface area contributed by atoms with E-state index in [2.05, 4.69) is 77.8 Å². The molecule has 1 heterocycles. The largest absolute Gasteiger partial charge is 0.262 e. The van der Waals surface area contributed by atoms with Crippen molar-refractivity contribution in [3.8, 4) is 0 Å². The monoisotopic (exact) mass is 281 g/mol. The predicted molar refractivity (Wildman–Crippen MR) is 81.5 cm³/mol. The second-order valence-electron chi connectivity index (χ2n) is 5.08. The summed E-state index contributed by atoms with van der Waals surface area (Å²) in [7, 11) is 10.9. The van der Waals surface area contributed by atoms with E-state index in [1.807, 2.05) is 12.1 Å². The van der Waals surface area contributed by atoms with E-state index in [0.29, 0.717) is 0 Å². The number of benzene rings is 1. The minimum Gasteiger partial charge on any atom is -0.197 e. The Balaban J connectivity index is 2.77. The first-order chi connectivity index (χ1) is 8.92. The van der Waals surface area contributed by atoms with Gasteiger partial charge in [-0.3, -0.25) is 0 Å². The molecule has 6 nitrogen and oxygen atoms in total. The highest BCUT2D eigenvalue weighted by molar-refractivity contribution is 7.76. The lowest BCUT2D eigenvalue weighted by Gasteiger charge is -2.39. The number of rotatable bonds is 4. The molecular weight excluding hydrogens is 259 g/mol. The van der Waals surface area contributed by atoms with Gasteiger partial charge in [0.25, 0.3) is 7.71 Å². The molecule has 0 fully saturated rings. The van der Waals surface area contributed by atoms with Gasteiger partial charge in [0, 0.05) is 42.3 Å². The molecule has 0 atom stereocenters. The first kappa shape index (κ1) is 14.3. The quantitative estimate of drug-likeness (QED) is 0.848. The highest BCUT2D eigenvalue weighted by atomic mass is 31.2. The van der Waals surface area contributed by atoms with Gasteiger partial charge in [-0.15, -0.1) is 0 Å². The lowest BCUT2D eigenvalue weighted by atomic mass is 10.3. The van der Waals surface area contributed by atoms with Gasteiger partial charge in [0.1, 0.15) is 5.52 Å². The van der Waals surface area contributed by atoms with Gasteiger partial charge in [-0.1, -0.05) is 6.07 Å². The van der Waals surface area contributed by atoms with Crippen molar-refractivity contribution < 1.29 is 0 Å². The summed E-state index contributed by atoms with van der Waals surface area (Å²) in [5.41, 5.74) is 1.86. The van der Waals surface area contributed by atoms with E-state index in [-0.39, 0.29) is 0 Å². The number of para-hydroxylation sites is 1. The third kappa shape index (κ3) is 2.05. The summed E-state index contributed by atoms with van der Waals surface area (Å²) in [4.78, 5) is 0. The molecule has 0 unspecified atom stereocenters. The fourth-order valence-corrected chi connectivity index (χ4v) is 6.99. The molecule has 0 aliphatic rings. The van der Waals surface area contributed by atoms with E-state index in [9.17, 15) is 0 Å². The highest BCUT2D eigenvalue weighted by Gasteiger charge is 2.51. The molecule has 7 heteroatoms. The molecule has 2 aromatic rings. The summed E-state index contributed by atoms with van der Waals surface area (Å²) in [6.45, 7) is 0. The number of hydrogen-bond donors (Lipinski definition) is 1. The number of nitrogens with zero attached hydrogens (tertiary/aromatic N) is 5. The van der Waals surface area contributed by atoms with Gasteiger partial charge in [0.2, 0.25) is 0 Å². The Morgan fingerprint density at radius 2 is 1.47 bits per heavy atom. The third-order valence-electron chi connectivity index (χ3n) is 3.32. The van der Waals surface area contributed by atoms with Crippen LogP contribution in [0.5, 0.6) is 0 Å². The van der Waals surface area contributed by atoms with E-state index in [4.69, 9.17) is 0 Å². The summed E-state index contributed by atoms with van der Waals surface area (Å²) in [5.74, 6) is 0. The normalized spacial score (nSPS) is 13.1. The maximum atomic E-state index is 4.34. The fourth-order valence-electron chi connectivity index (χ4n) is 2.81. The van der Waals surface area contributed by atoms with Crippen LogP contribution in [-0.2, 0) is 0 Å². The molecule has 1 aromatic carbocycles. The SMILES string of the molecule is CN(C)[P+](c1cccc2n[nH]nc12)(N(C)C)N(C)C. The van der Waals surface area contributed by atoms with E-state index in [1.54, 1.807) is 0 Å². The second kappa shape index (κ2) is 5.13. The summed E-state index contributed by atoms with van der Waals surface area (Å²) in [6.07, 6.45) is 0. The number of fused-ring (bicyclic) bond motifs is 1. The zero-order chi connectivity index (χ0) is 14.2. The second-order valence-corrected chi connectivity index (χ2v) is 9.10. The minimum absolute atomic E-state index is 0.910. The Labute approximate surface area is 114 Å². The standard InChI is InChI=1S/C12H22N6P/c1-16(2)19(17(3)4,18(5)6)11-9-7-8-10-12(11)14-15-13-10/h7-9H,1-6H3,(H,13,14,15)/q+1. The number of aromatic amines is 1. The van der Waals surface area contributed by atoms with Crippen molar-refractivity contribution in [2.75, 3.05) is 42.3 Å². The van der Waals surface area contributed by atoms with Crippen molar-refractivity contribution in [3.63, 3.8) is 0 Å².